The second-order valence-electron chi connectivity index (χ2n) is 7.07. The van der Waals surface area contributed by atoms with Gasteiger partial charge in [0, 0.05) is 25.1 Å². The third kappa shape index (κ3) is 5.57. The van der Waals surface area contributed by atoms with E-state index in [9.17, 15) is 19.5 Å². The fourth-order valence-corrected chi connectivity index (χ4v) is 3.19. The van der Waals surface area contributed by atoms with Gasteiger partial charge in [-0.3, -0.25) is 14.2 Å². The molecule has 2 aromatic rings. The lowest BCUT2D eigenvalue weighted by atomic mass is 10.1. The van der Waals surface area contributed by atoms with Crippen molar-refractivity contribution in [3.63, 3.8) is 0 Å². The monoisotopic (exact) mass is 424 g/mol. The van der Waals surface area contributed by atoms with E-state index in [1.165, 1.54) is 17.7 Å². The molecule has 1 aliphatic heterocycles. The van der Waals surface area contributed by atoms with Gasteiger partial charge in [-0.25, -0.2) is 4.79 Å². The van der Waals surface area contributed by atoms with Crippen molar-refractivity contribution < 1.29 is 19.4 Å². The number of hydrogen-bond donors (Lipinski definition) is 3. The van der Waals surface area contributed by atoms with Crippen LogP contribution in [0.15, 0.2) is 41.3 Å². The fourth-order valence-electron chi connectivity index (χ4n) is 3.19. The smallest absolute Gasteiger partial charge is 0.351 e. The number of benzene rings is 1. The fraction of sp³-hybridized carbons (Fsp3) is 0.364. The first-order valence-electron chi connectivity index (χ1n) is 9.95. The number of nitrogens with zero attached hydrogens (tertiary/aromatic N) is 2. The van der Waals surface area contributed by atoms with Gasteiger partial charge in [-0.15, -0.1) is 0 Å². The van der Waals surface area contributed by atoms with Gasteiger partial charge in [-0.05, 0) is 18.6 Å². The summed E-state index contributed by atoms with van der Waals surface area (Å²) in [5, 5.41) is 15.3. The van der Waals surface area contributed by atoms with Crippen LogP contribution in [0.4, 0.5) is 5.82 Å². The number of anilines is 1. The summed E-state index contributed by atoms with van der Waals surface area (Å²) >= 11 is 0. The number of aromatic nitrogens is 2. The van der Waals surface area contributed by atoms with Crippen LogP contribution in [0.2, 0.25) is 0 Å². The molecule has 2 amide bonds. The summed E-state index contributed by atoms with van der Waals surface area (Å²) < 4.78 is 7.04. The number of amides is 2. The summed E-state index contributed by atoms with van der Waals surface area (Å²) in [7, 11) is 0. The van der Waals surface area contributed by atoms with Crippen LogP contribution in [0.25, 0.3) is 0 Å². The molecule has 3 atom stereocenters. The molecule has 1 saturated heterocycles. The normalized spacial score (nSPS) is 19.9. The van der Waals surface area contributed by atoms with E-state index in [0.717, 1.165) is 0 Å². The molecule has 1 aromatic heterocycles. The summed E-state index contributed by atoms with van der Waals surface area (Å²) in [4.78, 5) is 40.2. The highest BCUT2D eigenvalue weighted by Gasteiger charge is 2.34. The van der Waals surface area contributed by atoms with E-state index in [1.54, 1.807) is 30.3 Å². The summed E-state index contributed by atoms with van der Waals surface area (Å²) in [6, 6.07) is 8.51. The van der Waals surface area contributed by atoms with Crippen LogP contribution in [0.5, 0.6) is 0 Å². The van der Waals surface area contributed by atoms with Gasteiger partial charge in [0.25, 0.3) is 5.91 Å². The quantitative estimate of drug-likeness (QED) is 0.617. The summed E-state index contributed by atoms with van der Waals surface area (Å²) in [6.07, 6.45) is 0.557. The molecule has 0 radical (unpaired) electrons. The minimum Gasteiger partial charge on any atom is -0.390 e. The lowest BCUT2D eigenvalue weighted by Gasteiger charge is -2.16. The number of carbonyl (C=O) groups excluding carboxylic acids is 2. The van der Waals surface area contributed by atoms with Gasteiger partial charge in [0.05, 0.1) is 24.3 Å². The summed E-state index contributed by atoms with van der Waals surface area (Å²) in [5.74, 6) is 4.95. The number of carbonyl (C=O) groups is 2. The van der Waals surface area contributed by atoms with Crippen LogP contribution >= 0.6 is 0 Å². The van der Waals surface area contributed by atoms with Gasteiger partial charge in [0.1, 0.15) is 6.23 Å². The Bertz CT molecular complexity index is 1070. The average Bonchev–Trinajstić information content (AvgIpc) is 3.13. The largest absolute Gasteiger partial charge is 0.390 e. The van der Waals surface area contributed by atoms with Crippen molar-refractivity contribution in [1.82, 2.24) is 14.9 Å². The maximum atomic E-state index is 12.7. The number of rotatable bonds is 5. The van der Waals surface area contributed by atoms with E-state index >= 15 is 0 Å². The Morgan fingerprint density at radius 3 is 2.71 bits per heavy atom. The zero-order valence-corrected chi connectivity index (χ0v) is 17.3. The van der Waals surface area contributed by atoms with E-state index in [2.05, 4.69) is 27.5 Å². The zero-order chi connectivity index (χ0) is 22.4. The number of aliphatic hydroxyl groups excluding tert-OH is 1. The van der Waals surface area contributed by atoms with Gasteiger partial charge in [0.15, 0.2) is 5.82 Å². The van der Waals surface area contributed by atoms with E-state index < -0.39 is 23.9 Å². The predicted octanol–water partition coefficient (Wildman–Crippen LogP) is 1.04. The first-order chi connectivity index (χ1) is 14.9. The van der Waals surface area contributed by atoms with Crippen LogP contribution in [0.1, 0.15) is 48.8 Å². The number of aliphatic hydroxyl groups is 1. The molecule has 0 saturated carbocycles. The standard InChI is InChI=1S/C22H24N4O5/c1-3-18-17(28)12-19(31-18)26-13-16(10-7-11-23-14(2)27)20(25-22(26)30)24-21(29)15-8-5-4-6-9-15/h4-6,8-9,13,17-19,28H,3,11-12H2,1-2H3,(H,23,27)(H,24,25,29,30)/t17-,18-,19-/m1/s1. The number of hydrogen-bond acceptors (Lipinski definition) is 6. The highest BCUT2D eigenvalue weighted by molar-refractivity contribution is 6.04. The molecule has 0 unspecified atom stereocenters. The Hall–Kier alpha value is -3.48. The van der Waals surface area contributed by atoms with E-state index in [-0.39, 0.29) is 36.4 Å². The van der Waals surface area contributed by atoms with E-state index in [0.29, 0.717) is 12.0 Å². The van der Waals surface area contributed by atoms with Crippen molar-refractivity contribution in [2.45, 2.75) is 45.1 Å². The van der Waals surface area contributed by atoms with Gasteiger partial charge in [0.2, 0.25) is 5.91 Å². The van der Waals surface area contributed by atoms with E-state index in [4.69, 9.17) is 4.74 Å². The molecule has 1 aromatic carbocycles. The van der Waals surface area contributed by atoms with Crippen LogP contribution in [0, 0.1) is 11.8 Å². The molecule has 9 heteroatoms. The van der Waals surface area contributed by atoms with Gasteiger partial charge < -0.3 is 20.5 Å². The topological polar surface area (TPSA) is 123 Å². The first-order valence-corrected chi connectivity index (χ1v) is 9.95. The van der Waals surface area contributed by atoms with Crippen molar-refractivity contribution >= 4 is 17.6 Å². The van der Waals surface area contributed by atoms with Crippen molar-refractivity contribution in [3.05, 3.63) is 58.1 Å². The molecule has 0 spiro atoms. The Balaban J connectivity index is 1.93. The molecule has 31 heavy (non-hydrogen) atoms. The molecular weight excluding hydrogens is 400 g/mol. The summed E-state index contributed by atoms with van der Waals surface area (Å²) in [5.41, 5.74) is 0.0515. The first kappa shape index (κ1) is 22.2. The average molecular weight is 424 g/mol. The van der Waals surface area contributed by atoms with Crippen LogP contribution < -0.4 is 16.3 Å². The molecule has 1 aliphatic rings. The van der Waals surface area contributed by atoms with Gasteiger partial charge in [-0.1, -0.05) is 37.0 Å². The summed E-state index contributed by atoms with van der Waals surface area (Å²) in [6.45, 7) is 3.36. The Morgan fingerprint density at radius 2 is 2.06 bits per heavy atom. The molecule has 0 bridgehead atoms. The third-order valence-electron chi connectivity index (χ3n) is 4.79. The highest BCUT2D eigenvalue weighted by Crippen LogP contribution is 2.29. The van der Waals surface area contributed by atoms with Gasteiger partial charge >= 0.3 is 5.69 Å². The van der Waals surface area contributed by atoms with Crippen molar-refractivity contribution in [2.75, 3.05) is 11.9 Å². The molecule has 3 rings (SSSR count). The predicted molar refractivity (Wildman–Crippen MR) is 113 cm³/mol. The molecule has 9 nitrogen and oxygen atoms in total. The maximum absolute atomic E-state index is 12.7. The molecule has 1 fully saturated rings. The van der Waals surface area contributed by atoms with Crippen molar-refractivity contribution in [1.29, 1.82) is 0 Å². The molecular formula is C22H24N4O5. The molecule has 0 aliphatic carbocycles. The maximum Gasteiger partial charge on any atom is 0.351 e. The second-order valence-corrected chi connectivity index (χ2v) is 7.07. The van der Waals surface area contributed by atoms with Crippen LogP contribution in [0.3, 0.4) is 0 Å². The zero-order valence-electron chi connectivity index (χ0n) is 17.3. The van der Waals surface area contributed by atoms with E-state index in [1.807, 2.05) is 6.92 Å². The number of nitrogens with one attached hydrogen (secondary N) is 2. The molecule has 3 N–H and O–H groups in total. The molecule has 2 heterocycles. The second kappa shape index (κ2) is 10.0. The minimum absolute atomic E-state index is 0.0102. The SMILES string of the molecule is CC[C@H]1O[C@@H](n2cc(C#CCNC(C)=O)c(NC(=O)c3ccccc3)nc2=O)C[C@H]1O. The lowest BCUT2D eigenvalue weighted by molar-refractivity contribution is -0.118. The number of ether oxygens (including phenoxy) is 1. The minimum atomic E-state index is -0.686. The lowest BCUT2D eigenvalue weighted by Crippen LogP contribution is -2.29. The Kier molecular flexibility index (Phi) is 7.18. The van der Waals surface area contributed by atoms with Crippen molar-refractivity contribution in [3.8, 4) is 11.8 Å². The Morgan fingerprint density at radius 1 is 1.32 bits per heavy atom. The highest BCUT2D eigenvalue weighted by atomic mass is 16.5. The van der Waals surface area contributed by atoms with Crippen LogP contribution in [-0.4, -0.2) is 45.2 Å². The Labute approximate surface area is 179 Å². The van der Waals surface area contributed by atoms with Gasteiger partial charge in [-0.2, -0.15) is 4.98 Å². The third-order valence-corrected chi connectivity index (χ3v) is 4.79. The van der Waals surface area contributed by atoms with Crippen molar-refractivity contribution in [2.24, 2.45) is 0 Å². The van der Waals surface area contributed by atoms with Crippen LogP contribution in [-0.2, 0) is 9.53 Å². The molecule has 162 valence electrons.